The summed E-state index contributed by atoms with van der Waals surface area (Å²) in [5.41, 5.74) is 0.673. The molecule has 6 nitrogen and oxygen atoms in total. The summed E-state index contributed by atoms with van der Waals surface area (Å²) >= 11 is 0. The van der Waals surface area contributed by atoms with E-state index in [2.05, 4.69) is 10.1 Å². The first kappa shape index (κ1) is 16.1. The summed E-state index contributed by atoms with van der Waals surface area (Å²) in [5.74, 6) is 2.76. The number of nitrogens with zero attached hydrogens (tertiary/aromatic N) is 1. The second-order valence-electron chi connectivity index (χ2n) is 3.86. The van der Waals surface area contributed by atoms with Gasteiger partial charge >= 0.3 is 10.1 Å². The van der Waals surface area contributed by atoms with E-state index in [1.807, 2.05) is 0 Å². The Hall–Kier alpha value is -1.91. The summed E-state index contributed by atoms with van der Waals surface area (Å²) in [7, 11) is 1.64. The second kappa shape index (κ2) is 6.50. The number of terminal acetylenes is 1. The lowest BCUT2D eigenvalue weighted by Gasteiger charge is -2.20. The Morgan fingerprint density at radius 2 is 1.70 bits per heavy atom. The van der Waals surface area contributed by atoms with Crippen LogP contribution < -0.4 is 14.4 Å². The predicted octanol–water partition coefficient (Wildman–Crippen LogP) is 1.11. The van der Waals surface area contributed by atoms with Crippen molar-refractivity contribution in [2.45, 2.75) is 4.90 Å². The highest BCUT2D eigenvalue weighted by atomic mass is 32.2. The van der Waals surface area contributed by atoms with Crippen LogP contribution in [0.4, 0.5) is 5.69 Å². The van der Waals surface area contributed by atoms with Crippen LogP contribution in [0.15, 0.2) is 17.0 Å². The smallest absolute Gasteiger partial charge is 0.304 e. The fraction of sp³-hybridized carbons (Fsp3) is 0.385. The van der Waals surface area contributed by atoms with Crippen molar-refractivity contribution in [3.05, 3.63) is 12.1 Å². The molecule has 0 aliphatic rings. The van der Waals surface area contributed by atoms with Gasteiger partial charge in [0.25, 0.3) is 0 Å². The monoisotopic (exact) mass is 299 g/mol. The Balaban J connectivity index is 3.52. The van der Waals surface area contributed by atoms with Gasteiger partial charge in [0.05, 0.1) is 27.9 Å². The van der Waals surface area contributed by atoms with Crippen LogP contribution in [0.5, 0.6) is 11.5 Å². The summed E-state index contributed by atoms with van der Waals surface area (Å²) in [5, 5.41) is 0. The van der Waals surface area contributed by atoms with Crippen LogP contribution in [0.1, 0.15) is 0 Å². The first-order valence-corrected chi connectivity index (χ1v) is 7.03. The van der Waals surface area contributed by atoms with Gasteiger partial charge in [-0.25, -0.2) is 0 Å². The van der Waals surface area contributed by atoms with E-state index in [-0.39, 0.29) is 16.4 Å². The molecule has 0 saturated heterocycles. The fourth-order valence-corrected chi connectivity index (χ4v) is 2.59. The quantitative estimate of drug-likeness (QED) is 0.579. The molecule has 0 bridgehead atoms. The Kier molecular flexibility index (Phi) is 5.25. The number of hydrogen-bond donors (Lipinski definition) is 0. The van der Waals surface area contributed by atoms with E-state index < -0.39 is 10.1 Å². The molecule has 110 valence electrons. The number of ether oxygens (including phenoxy) is 2. The van der Waals surface area contributed by atoms with E-state index in [1.54, 1.807) is 24.1 Å². The molecule has 7 heteroatoms. The average Bonchev–Trinajstić information content (AvgIpc) is 2.45. The normalized spacial score (nSPS) is 10.8. The molecule has 20 heavy (non-hydrogen) atoms. The number of benzene rings is 1. The summed E-state index contributed by atoms with van der Waals surface area (Å²) < 4.78 is 38.7. The second-order valence-corrected chi connectivity index (χ2v) is 5.51. The lowest BCUT2D eigenvalue weighted by molar-refractivity contribution is 0.355. The molecule has 1 aromatic carbocycles. The zero-order valence-corrected chi connectivity index (χ0v) is 12.7. The van der Waals surface area contributed by atoms with Gasteiger partial charge in [-0.2, -0.15) is 8.42 Å². The summed E-state index contributed by atoms with van der Waals surface area (Å²) in [6.07, 6.45) is 5.26. The van der Waals surface area contributed by atoms with Gasteiger partial charge in [0, 0.05) is 24.9 Å². The minimum atomic E-state index is -3.95. The minimum absolute atomic E-state index is 0.130. The molecule has 0 aliphatic carbocycles. The van der Waals surface area contributed by atoms with Crippen molar-refractivity contribution < 1.29 is 22.1 Å². The first-order valence-electron chi connectivity index (χ1n) is 5.62. The Morgan fingerprint density at radius 1 is 1.20 bits per heavy atom. The van der Waals surface area contributed by atoms with Crippen molar-refractivity contribution >= 4 is 15.8 Å². The third-order valence-electron chi connectivity index (χ3n) is 2.68. The van der Waals surface area contributed by atoms with E-state index >= 15 is 0 Å². The number of rotatable bonds is 6. The number of hydrogen-bond acceptors (Lipinski definition) is 6. The highest BCUT2D eigenvalue weighted by Crippen LogP contribution is 2.38. The predicted molar refractivity (Wildman–Crippen MR) is 75.8 cm³/mol. The van der Waals surface area contributed by atoms with E-state index in [0.717, 1.165) is 7.11 Å². The highest BCUT2D eigenvalue weighted by molar-refractivity contribution is 7.87. The van der Waals surface area contributed by atoms with Crippen LogP contribution in [-0.4, -0.2) is 43.3 Å². The topological polar surface area (TPSA) is 65.1 Å². The molecule has 0 amide bonds. The van der Waals surface area contributed by atoms with Gasteiger partial charge in [-0.05, 0) is 0 Å². The van der Waals surface area contributed by atoms with E-state index in [4.69, 9.17) is 15.9 Å². The maximum atomic E-state index is 11.9. The third-order valence-corrected chi connectivity index (χ3v) is 4.03. The molecule has 0 spiro atoms. The van der Waals surface area contributed by atoms with E-state index in [1.165, 1.54) is 14.2 Å². The zero-order valence-electron chi connectivity index (χ0n) is 11.8. The Morgan fingerprint density at radius 3 is 2.05 bits per heavy atom. The van der Waals surface area contributed by atoms with Crippen LogP contribution >= 0.6 is 0 Å². The van der Waals surface area contributed by atoms with Crippen LogP contribution in [0.2, 0.25) is 0 Å². The summed E-state index contributed by atoms with van der Waals surface area (Å²) in [6.45, 7) is 0.364. The molecule has 0 unspecified atom stereocenters. The minimum Gasteiger partial charge on any atom is -0.495 e. The van der Waals surface area contributed by atoms with Crippen LogP contribution in [0.25, 0.3) is 0 Å². The van der Waals surface area contributed by atoms with Crippen molar-refractivity contribution in [2.75, 3.05) is 39.8 Å². The molecule has 0 saturated carbocycles. The number of anilines is 1. The van der Waals surface area contributed by atoms with Crippen LogP contribution in [-0.2, 0) is 14.3 Å². The molecule has 0 radical (unpaired) electrons. The molecule has 0 fully saturated rings. The SMILES string of the molecule is C#CCN(C)c1cc(OC)c(S(=O)(=O)OC)c(OC)c1. The largest absolute Gasteiger partial charge is 0.495 e. The van der Waals surface area contributed by atoms with Crippen LogP contribution in [0, 0.1) is 12.3 Å². The van der Waals surface area contributed by atoms with Crippen molar-refractivity contribution in [3.8, 4) is 23.8 Å². The molecule has 0 N–H and O–H groups in total. The van der Waals surface area contributed by atoms with E-state index in [0.29, 0.717) is 12.2 Å². The molecule has 0 aromatic heterocycles. The van der Waals surface area contributed by atoms with Gasteiger partial charge in [0.15, 0.2) is 4.90 Å². The molecule has 1 rings (SSSR count). The highest BCUT2D eigenvalue weighted by Gasteiger charge is 2.26. The van der Waals surface area contributed by atoms with Crippen molar-refractivity contribution in [1.29, 1.82) is 0 Å². The van der Waals surface area contributed by atoms with Crippen molar-refractivity contribution in [3.63, 3.8) is 0 Å². The fourth-order valence-electron chi connectivity index (χ4n) is 1.64. The standard InChI is InChI=1S/C13H17NO5S/c1-6-7-14(2)10-8-11(17-3)13(12(9-10)18-4)20(15,16)19-5/h1,8-9H,7H2,2-5H3. The maximum absolute atomic E-state index is 11.9. The number of methoxy groups -OCH3 is 2. The van der Waals surface area contributed by atoms with Gasteiger partial charge in [0.2, 0.25) is 0 Å². The molecular weight excluding hydrogens is 282 g/mol. The Labute approximate surface area is 119 Å². The molecule has 1 aromatic rings. The van der Waals surface area contributed by atoms with Crippen LogP contribution in [0.3, 0.4) is 0 Å². The van der Waals surface area contributed by atoms with Gasteiger partial charge < -0.3 is 14.4 Å². The lowest BCUT2D eigenvalue weighted by Crippen LogP contribution is -2.18. The van der Waals surface area contributed by atoms with Crippen molar-refractivity contribution in [1.82, 2.24) is 0 Å². The lowest BCUT2D eigenvalue weighted by atomic mass is 10.2. The van der Waals surface area contributed by atoms with Gasteiger partial charge in [0.1, 0.15) is 11.5 Å². The molecule has 0 heterocycles. The molecule has 0 atom stereocenters. The zero-order chi connectivity index (χ0) is 15.3. The van der Waals surface area contributed by atoms with Gasteiger partial charge in [-0.1, -0.05) is 5.92 Å². The summed E-state index contributed by atoms with van der Waals surface area (Å²) in [6, 6.07) is 3.12. The maximum Gasteiger partial charge on any atom is 0.304 e. The molecule has 0 aliphatic heterocycles. The third kappa shape index (κ3) is 3.15. The average molecular weight is 299 g/mol. The van der Waals surface area contributed by atoms with E-state index in [9.17, 15) is 8.42 Å². The molecular formula is C13H17NO5S. The summed E-state index contributed by atoms with van der Waals surface area (Å²) in [4.78, 5) is 1.61. The Bertz CT molecular complexity index is 593. The van der Waals surface area contributed by atoms with Gasteiger partial charge in [-0.15, -0.1) is 6.42 Å². The van der Waals surface area contributed by atoms with Crippen molar-refractivity contribution in [2.24, 2.45) is 0 Å². The first-order chi connectivity index (χ1) is 9.41. The van der Waals surface area contributed by atoms with Gasteiger partial charge in [-0.3, -0.25) is 4.18 Å².